The van der Waals surface area contributed by atoms with Crippen LogP contribution < -0.4 is 0 Å². The van der Waals surface area contributed by atoms with Gasteiger partial charge in [-0.2, -0.15) is 0 Å². The molecule has 77 heavy (non-hydrogen) atoms. The SMILES string of the molecule is [Ir].[c-]1ccc(-c2cc(-c3cc(-c4ccccc4)cc(-c4cccc(-c5ccccc5)c4)c3)nc(-c3cc(-c4ccccc4)cc(-c4cc(-c5ccccc5)cc(-c5ccccc5)c4)c3)c2)cc1-c1cc2ccccc2cn1. The van der Waals surface area contributed by atoms with Crippen LogP contribution in [0.15, 0.2) is 297 Å². The largest absolute Gasteiger partial charge is 0.304 e. The van der Waals surface area contributed by atoms with Gasteiger partial charge in [0.25, 0.3) is 0 Å². The third-order valence-corrected chi connectivity index (χ3v) is 14.3. The first kappa shape index (κ1) is 48.6. The van der Waals surface area contributed by atoms with Gasteiger partial charge in [-0.05, 0) is 173 Å². The summed E-state index contributed by atoms with van der Waals surface area (Å²) in [5.74, 6) is 0. The van der Waals surface area contributed by atoms with Gasteiger partial charge in [0, 0.05) is 37.4 Å². The zero-order chi connectivity index (χ0) is 50.6. The first-order chi connectivity index (χ1) is 37.6. The maximum absolute atomic E-state index is 5.73. The summed E-state index contributed by atoms with van der Waals surface area (Å²) in [5, 5.41) is 2.25. The predicted molar refractivity (Wildman–Crippen MR) is 318 cm³/mol. The van der Waals surface area contributed by atoms with Crippen LogP contribution in [0.1, 0.15) is 0 Å². The van der Waals surface area contributed by atoms with Crippen molar-refractivity contribution in [3.8, 4) is 123 Å². The van der Waals surface area contributed by atoms with E-state index in [1.165, 1.54) is 22.3 Å². The van der Waals surface area contributed by atoms with Gasteiger partial charge in [-0.15, -0.1) is 35.4 Å². The number of benzene rings is 11. The van der Waals surface area contributed by atoms with E-state index in [4.69, 9.17) is 9.97 Å². The van der Waals surface area contributed by atoms with Gasteiger partial charge in [-0.3, -0.25) is 0 Å². The van der Waals surface area contributed by atoms with Crippen molar-refractivity contribution in [2.45, 2.75) is 0 Å². The average Bonchev–Trinajstić information content (AvgIpc) is 3.52. The Bertz CT molecular complexity index is 4140. The van der Waals surface area contributed by atoms with E-state index < -0.39 is 0 Å². The van der Waals surface area contributed by atoms with Gasteiger partial charge in [0.1, 0.15) is 0 Å². The summed E-state index contributed by atoms with van der Waals surface area (Å²) < 4.78 is 0. The van der Waals surface area contributed by atoms with Crippen LogP contribution in [-0.2, 0) is 20.1 Å². The molecule has 13 aromatic rings. The number of hydrogen-bond donors (Lipinski definition) is 0. The molecule has 0 aliphatic rings. The monoisotopic (exact) mass is 1160 g/mol. The second-order valence-electron chi connectivity index (χ2n) is 19.3. The summed E-state index contributed by atoms with van der Waals surface area (Å²) in [6.07, 6.45) is 1.95. The Morgan fingerprint density at radius 2 is 0.532 bits per heavy atom. The molecule has 13 rings (SSSR count). The molecule has 0 saturated carbocycles. The van der Waals surface area contributed by atoms with Crippen LogP contribution in [-0.4, -0.2) is 9.97 Å². The van der Waals surface area contributed by atoms with Crippen LogP contribution in [0.5, 0.6) is 0 Å². The number of rotatable bonds is 11. The molecule has 0 unspecified atom stereocenters. The molecule has 0 spiro atoms. The van der Waals surface area contributed by atoms with Gasteiger partial charge in [0.2, 0.25) is 0 Å². The van der Waals surface area contributed by atoms with E-state index in [1.54, 1.807) is 0 Å². The molecule has 0 aliphatic carbocycles. The Kier molecular flexibility index (Phi) is 13.8. The Hall–Kier alpha value is -9.37. The minimum atomic E-state index is 0. The number of aromatic nitrogens is 2. The molecule has 0 atom stereocenters. The molecular weight excluding hydrogens is 1110 g/mol. The summed E-state index contributed by atoms with van der Waals surface area (Å²) >= 11 is 0. The molecule has 0 fully saturated rings. The normalized spacial score (nSPS) is 11.0. The fourth-order valence-corrected chi connectivity index (χ4v) is 10.4. The first-order valence-corrected chi connectivity index (χ1v) is 25.8. The molecule has 0 bridgehead atoms. The van der Waals surface area contributed by atoms with E-state index in [0.29, 0.717) is 0 Å². The smallest absolute Gasteiger partial charge is 0.0715 e. The number of hydrogen-bond acceptors (Lipinski definition) is 2. The topological polar surface area (TPSA) is 25.8 Å². The van der Waals surface area contributed by atoms with Gasteiger partial charge in [0.05, 0.1) is 11.4 Å². The van der Waals surface area contributed by atoms with Crippen molar-refractivity contribution in [1.82, 2.24) is 9.97 Å². The Labute approximate surface area is 464 Å². The Morgan fingerprint density at radius 3 is 0.987 bits per heavy atom. The first-order valence-electron chi connectivity index (χ1n) is 25.8. The summed E-state index contributed by atoms with van der Waals surface area (Å²) in [6, 6.07) is 108. The molecule has 11 aromatic carbocycles. The predicted octanol–water partition coefficient (Wildman–Crippen LogP) is 19.8. The van der Waals surface area contributed by atoms with Crippen molar-refractivity contribution in [2.24, 2.45) is 0 Å². The zero-order valence-electron chi connectivity index (χ0n) is 42.0. The minimum absolute atomic E-state index is 0. The van der Waals surface area contributed by atoms with Crippen LogP contribution in [0.4, 0.5) is 0 Å². The van der Waals surface area contributed by atoms with E-state index >= 15 is 0 Å². The van der Waals surface area contributed by atoms with E-state index in [2.05, 4.69) is 291 Å². The Morgan fingerprint density at radius 1 is 0.221 bits per heavy atom. The summed E-state index contributed by atoms with van der Waals surface area (Å²) in [4.78, 5) is 10.7. The second-order valence-corrected chi connectivity index (χ2v) is 19.3. The van der Waals surface area contributed by atoms with Crippen molar-refractivity contribution >= 4 is 10.8 Å². The number of nitrogens with zero attached hydrogens (tertiary/aromatic N) is 2. The van der Waals surface area contributed by atoms with E-state index in [0.717, 1.165) is 111 Å². The molecular formula is C74H49IrN2-. The molecule has 0 amide bonds. The molecule has 2 nitrogen and oxygen atoms in total. The second kappa shape index (κ2) is 21.8. The van der Waals surface area contributed by atoms with Gasteiger partial charge < -0.3 is 4.98 Å². The van der Waals surface area contributed by atoms with E-state index in [1.807, 2.05) is 12.3 Å². The van der Waals surface area contributed by atoms with Crippen LogP contribution in [0.2, 0.25) is 0 Å². The molecule has 0 N–H and O–H groups in total. The van der Waals surface area contributed by atoms with Crippen LogP contribution in [0.3, 0.4) is 0 Å². The molecule has 2 heterocycles. The van der Waals surface area contributed by atoms with Gasteiger partial charge in [-0.1, -0.05) is 200 Å². The van der Waals surface area contributed by atoms with Crippen molar-refractivity contribution in [3.63, 3.8) is 0 Å². The fraction of sp³-hybridized carbons (Fsp3) is 0. The minimum Gasteiger partial charge on any atom is -0.304 e. The van der Waals surface area contributed by atoms with Gasteiger partial charge in [-0.25, -0.2) is 4.98 Å². The molecule has 365 valence electrons. The third-order valence-electron chi connectivity index (χ3n) is 14.3. The molecule has 0 aliphatic heterocycles. The van der Waals surface area contributed by atoms with Crippen LogP contribution >= 0.6 is 0 Å². The van der Waals surface area contributed by atoms with Gasteiger partial charge in [0.15, 0.2) is 0 Å². The van der Waals surface area contributed by atoms with Gasteiger partial charge >= 0.3 is 0 Å². The van der Waals surface area contributed by atoms with Crippen molar-refractivity contribution < 1.29 is 20.1 Å². The standard InChI is InChI=1S/C74H49N2.Ir/c1-6-20-51(21-7-1)56-32-18-33-57(36-56)66-39-64(54-26-12-4-13-27-54)43-70(45-66)73-48-69(58-34-19-35-60(37-58)72-47-59-30-16-17-31-61(59)50-75-72)49-74(76-73)71-44-65(55-28-14-5-15-29-55)42-68(46-71)67-40-62(52-22-8-2-9-23-52)38-63(41-67)53-24-10-3-11-25-53;/h1-34,36-50H;/q-1;. The molecule has 1 radical (unpaired) electrons. The summed E-state index contributed by atoms with van der Waals surface area (Å²) in [6.45, 7) is 0. The molecule has 3 heteroatoms. The fourth-order valence-electron chi connectivity index (χ4n) is 10.4. The average molecular weight is 1160 g/mol. The summed E-state index contributed by atoms with van der Waals surface area (Å²) in [5.41, 5.74) is 23.6. The van der Waals surface area contributed by atoms with Crippen molar-refractivity contribution in [3.05, 3.63) is 303 Å². The number of pyridine rings is 2. The quantitative estimate of drug-likeness (QED) is 0.121. The summed E-state index contributed by atoms with van der Waals surface area (Å²) in [7, 11) is 0. The van der Waals surface area contributed by atoms with Crippen LogP contribution in [0, 0.1) is 6.07 Å². The van der Waals surface area contributed by atoms with Crippen molar-refractivity contribution in [1.29, 1.82) is 0 Å². The molecule has 0 saturated heterocycles. The van der Waals surface area contributed by atoms with Crippen molar-refractivity contribution in [2.75, 3.05) is 0 Å². The maximum atomic E-state index is 5.73. The Balaban J connectivity index is 0.00000596. The number of fused-ring (bicyclic) bond motifs is 1. The third kappa shape index (κ3) is 10.5. The van der Waals surface area contributed by atoms with Crippen LogP contribution in [0.25, 0.3) is 134 Å². The van der Waals surface area contributed by atoms with E-state index in [9.17, 15) is 0 Å². The zero-order valence-corrected chi connectivity index (χ0v) is 44.4. The maximum Gasteiger partial charge on any atom is 0.0715 e. The molecule has 2 aromatic heterocycles. The van der Waals surface area contributed by atoms with E-state index in [-0.39, 0.29) is 20.1 Å².